The monoisotopic (exact) mass is 397 g/mol. The molecule has 2 heterocycles. The average molecular weight is 398 g/mol. The van der Waals surface area contributed by atoms with Gasteiger partial charge in [-0.3, -0.25) is 0 Å². The molecule has 0 atom stereocenters. The van der Waals surface area contributed by atoms with Crippen molar-refractivity contribution in [2.75, 3.05) is 0 Å². The van der Waals surface area contributed by atoms with Crippen molar-refractivity contribution in [2.45, 2.75) is 58.4 Å². The van der Waals surface area contributed by atoms with Crippen LogP contribution in [0.2, 0.25) is 0 Å². The Morgan fingerprint density at radius 3 is 2.45 bits per heavy atom. The lowest BCUT2D eigenvalue weighted by atomic mass is 9.85. The van der Waals surface area contributed by atoms with Crippen LogP contribution < -0.4 is 0 Å². The molecule has 0 N–H and O–H groups in total. The number of nitrogens with zero attached hydrogens (tertiary/aromatic N) is 1. The molecule has 0 bridgehead atoms. The molecular formula is C27H27NS. The van der Waals surface area contributed by atoms with Crippen LogP contribution in [0.15, 0.2) is 41.5 Å². The summed E-state index contributed by atoms with van der Waals surface area (Å²) in [4.78, 5) is 1.57. The maximum absolute atomic E-state index is 2.64. The van der Waals surface area contributed by atoms with Crippen LogP contribution in [0.25, 0.3) is 28.3 Å². The highest BCUT2D eigenvalue weighted by Gasteiger charge is 2.27. The van der Waals surface area contributed by atoms with E-state index in [9.17, 15) is 0 Å². The van der Waals surface area contributed by atoms with Gasteiger partial charge in [0.2, 0.25) is 0 Å². The first-order chi connectivity index (χ1) is 14.2. The zero-order valence-corrected chi connectivity index (χ0v) is 18.1. The van der Waals surface area contributed by atoms with Crippen molar-refractivity contribution in [3.8, 4) is 0 Å². The minimum atomic E-state index is 0.544. The van der Waals surface area contributed by atoms with Crippen LogP contribution in [0, 0.1) is 0 Å². The van der Waals surface area contributed by atoms with Gasteiger partial charge in [-0.25, -0.2) is 0 Å². The molecule has 3 aliphatic rings. The number of benzene rings is 1. The van der Waals surface area contributed by atoms with Gasteiger partial charge in [0.05, 0.1) is 0 Å². The second kappa shape index (κ2) is 6.60. The Labute approximate surface area is 177 Å². The van der Waals surface area contributed by atoms with Crippen molar-refractivity contribution < 1.29 is 0 Å². The standard InChI is InChI=1S/C27H27NS/c1-17(2)28-24-9-5-3-7-20(24)22-15-18(11-13-25(22)28)19-12-14-27-23(16-19)21-8-4-6-10-26(21)29-27/h3-4,6-8,10,15-17H,5,9,11-14H2,1-2H3. The molecule has 2 heteroatoms. The molecule has 6 rings (SSSR count). The first-order valence-corrected chi connectivity index (χ1v) is 11.9. The Balaban J connectivity index is 1.48. The number of aromatic nitrogens is 1. The molecule has 0 radical (unpaired) electrons. The lowest BCUT2D eigenvalue weighted by Gasteiger charge is -2.23. The Bertz CT molecular complexity index is 1230. The second-order valence-electron chi connectivity index (χ2n) is 8.90. The van der Waals surface area contributed by atoms with E-state index in [1.165, 1.54) is 65.3 Å². The van der Waals surface area contributed by atoms with Crippen molar-refractivity contribution in [2.24, 2.45) is 0 Å². The molecule has 3 aliphatic carbocycles. The largest absolute Gasteiger partial charge is 0.345 e. The van der Waals surface area contributed by atoms with Crippen molar-refractivity contribution in [3.63, 3.8) is 0 Å². The summed E-state index contributed by atoms with van der Waals surface area (Å²) in [5.41, 5.74) is 10.8. The number of aryl methyl sites for hydroxylation is 1. The number of fused-ring (bicyclic) bond motifs is 6. The SMILES string of the molecule is CC(C)n1c2c(c3c1CCC(C1=Cc4c(sc5ccccc45)CC1)=C3)C=CCC2. The van der Waals surface area contributed by atoms with Gasteiger partial charge in [0, 0.05) is 38.1 Å². The fourth-order valence-electron chi connectivity index (χ4n) is 5.60. The van der Waals surface area contributed by atoms with Crippen molar-refractivity contribution >= 4 is 39.7 Å². The normalized spacial score (nSPS) is 17.8. The molecule has 0 spiro atoms. The maximum atomic E-state index is 2.64. The van der Waals surface area contributed by atoms with E-state index in [1.54, 1.807) is 27.4 Å². The van der Waals surface area contributed by atoms with E-state index in [2.05, 4.69) is 67.0 Å². The third kappa shape index (κ3) is 2.65. The predicted molar refractivity (Wildman–Crippen MR) is 127 cm³/mol. The van der Waals surface area contributed by atoms with Gasteiger partial charge in [0.1, 0.15) is 0 Å². The lowest BCUT2D eigenvalue weighted by Crippen LogP contribution is -2.12. The van der Waals surface area contributed by atoms with E-state index in [-0.39, 0.29) is 0 Å². The fourth-order valence-corrected chi connectivity index (χ4v) is 6.78. The molecule has 0 aliphatic heterocycles. The highest BCUT2D eigenvalue weighted by molar-refractivity contribution is 7.19. The first-order valence-electron chi connectivity index (χ1n) is 11.0. The molecule has 1 nitrogen and oxygen atoms in total. The smallest absolute Gasteiger partial charge is 0.0351 e. The zero-order valence-electron chi connectivity index (χ0n) is 17.3. The van der Waals surface area contributed by atoms with Gasteiger partial charge >= 0.3 is 0 Å². The molecule has 0 fully saturated rings. The van der Waals surface area contributed by atoms with Crippen molar-refractivity contribution in [1.82, 2.24) is 4.57 Å². The van der Waals surface area contributed by atoms with Crippen LogP contribution in [0.3, 0.4) is 0 Å². The predicted octanol–water partition coefficient (Wildman–Crippen LogP) is 7.60. The van der Waals surface area contributed by atoms with Gasteiger partial charge in [-0.1, -0.05) is 30.4 Å². The van der Waals surface area contributed by atoms with Gasteiger partial charge in [0.25, 0.3) is 0 Å². The molecule has 0 saturated heterocycles. The lowest BCUT2D eigenvalue weighted by molar-refractivity contribution is 0.547. The number of hydrogen-bond acceptors (Lipinski definition) is 1. The summed E-state index contributed by atoms with van der Waals surface area (Å²) in [6.45, 7) is 4.68. The summed E-state index contributed by atoms with van der Waals surface area (Å²) >= 11 is 1.99. The fraction of sp³-hybridized carbons (Fsp3) is 0.333. The summed E-state index contributed by atoms with van der Waals surface area (Å²) in [5, 5.41) is 1.44. The summed E-state index contributed by atoms with van der Waals surface area (Å²) in [6, 6.07) is 9.45. The maximum Gasteiger partial charge on any atom is 0.0351 e. The van der Waals surface area contributed by atoms with E-state index >= 15 is 0 Å². The van der Waals surface area contributed by atoms with Gasteiger partial charge < -0.3 is 4.57 Å². The van der Waals surface area contributed by atoms with Gasteiger partial charge in [-0.2, -0.15) is 0 Å². The Morgan fingerprint density at radius 1 is 0.828 bits per heavy atom. The topological polar surface area (TPSA) is 4.93 Å². The Kier molecular flexibility index (Phi) is 3.99. The molecule has 2 aromatic heterocycles. The minimum Gasteiger partial charge on any atom is -0.345 e. The van der Waals surface area contributed by atoms with E-state index in [4.69, 9.17) is 0 Å². The molecule has 0 saturated carbocycles. The molecule has 29 heavy (non-hydrogen) atoms. The quantitative estimate of drug-likeness (QED) is 0.419. The van der Waals surface area contributed by atoms with Crippen LogP contribution in [-0.2, 0) is 19.3 Å². The van der Waals surface area contributed by atoms with Crippen LogP contribution in [0.4, 0.5) is 0 Å². The number of thiophene rings is 1. The summed E-state index contributed by atoms with van der Waals surface area (Å²) in [5.74, 6) is 0. The van der Waals surface area contributed by atoms with Crippen molar-refractivity contribution in [3.05, 3.63) is 74.4 Å². The average Bonchev–Trinajstić information content (AvgIpc) is 3.28. The Hall–Kier alpha value is -2.32. The molecule has 146 valence electrons. The summed E-state index contributed by atoms with van der Waals surface area (Å²) in [7, 11) is 0. The number of rotatable bonds is 2. The van der Waals surface area contributed by atoms with Gasteiger partial charge in [-0.05, 0) is 92.7 Å². The summed E-state index contributed by atoms with van der Waals surface area (Å²) in [6.07, 6.45) is 16.9. The van der Waals surface area contributed by atoms with Crippen LogP contribution in [0.1, 0.15) is 72.1 Å². The summed E-state index contributed by atoms with van der Waals surface area (Å²) < 4.78 is 4.07. The Morgan fingerprint density at radius 2 is 1.59 bits per heavy atom. The number of hydrogen-bond donors (Lipinski definition) is 0. The second-order valence-corrected chi connectivity index (χ2v) is 10.0. The van der Waals surface area contributed by atoms with E-state index in [1.807, 2.05) is 11.3 Å². The zero-order chi connectivity index (χ0) is 19.5. The highest BCUT2D eigenvalue weighted by Crippen LogP contribution is 2.43. The van der Waals surface area contributed by atoms with E-state index < -0.39 is 0 Å². The van der Waals surface area contributed by atoms with Gasteiger partial charge in [0.15, 0.2) is 0 Å². The van der Waals surface area contributed by atoms with E-state index in [0.717, 1.165) is 0 Å². The highest BCUT2D eigenvalue weighted by atomic mass is 32.1. The third-order valence-corrected chi connectivity index (χ3v) is 8.10. The molecule has 0 amide bonds. The van der Waals surface area contributed by atoms with E-state index in [0.29, 0.717) is 6.04 Å². The van der Waals surface area contributed by atoms with Crippen molar-refractivity contribution in [1.29, 1.82) is 0 Å². The van der Waals surface area contributed by atoms with Crippen LogP contribution in [-0.4, -0.2) is 4.57 Å². The first kappa shape index (κ1) is 17.5. The molecule has 1 aromatic carbocycles. The molecular weight excluding hydrogens is 370 g/mol. The molecule has 0 unspecified atom stereocenters. The molecule has 3 aromatic rings. The van der Waals surface area contributed by atoms with Gasteiger partial charge in [-0.15, -0.1) is 11.3 Å². The minimum absolute atomic E-state index is 0.544. The van der Waals surface area contributed by atoms with Crippen LogP contribution >= 0.6 is 11.3 Å². The van der Waals surface area contributed by atoms with Crippen LogP contribution in [0.5, 0.6) is 0 Å². The number of allylic oxidation sites excluding steroid dienone is 3. The third-order valence-electron chi connectivity index (χ3n) is 6.86.